The number of unbranched alkanes of at least 4 members (excludes halogenated alkanes) is 1. The van der Waals surface area contributed by atoms with Crippen molar-refractivity contribution in [3.05, 3.63) is 23.8 Å². The predicted molar refractivity (Wildman–Crippen MR) is 70.4 cm³/mol. The van der Waals surface area contributed by atoms with Gasteiger partial charge in [0.2, 0.25) is 10.0 Å². The maximum atomic E-state index is 12.1. The summed E-state index contributed by atoms with van der Waals surface area (Å²) in [6, 6.07) is 5.25. The molecule has 18 heavy (non-hydrogen) atoms. The van der Waals surface area contributed by atoms with E-state index in [9.17, 15) is 8.42 Å². The minimum atomic E-state index is -3.28. The third-order valence-electron chi connectivity index (χ3n) is 3.18. The van der Waals surface area contributed by atoms with E-state index in [0.717, 1.165) is 30.6 Å². The summed E-state index contributed by atoms with van der Waals surface area (Å²) in [4.78, 5) is 0.416. The number of nitrogens with zero attached hydrogens (tertiary/aromatic N) is 1. The molecule has 0 saturated carbocycles. The van der Waals surface area contributed by atoms with Crippen molar-refractivity contribution in [3.63, 3.8) is 0 Å². The van der Waals surface area contributed by atoms with Crippen molar-refractivity contribution in [2.75, 3.05) is 20.2 Å². The van der Waals surface area contributed by atoms with Crippen LogP contribution in [0.3, 0.4) is 0 Å². The molecule has 1 aromatic rings. The van der Waals surface area contributed by atoms with Crippen LogP contribution in [0.5, 0.6) is 5.75 Å². The highest BCUT2D eigenvalue weighted by molar-refractivity contribution is 7.89. The van der Waals surface area contributed by atoms with Crippen LogP contribution in [-0.2, 0) is 16.4 Å². The maximum Gasteiger partial charge on any atom is 0.243 e. The highest BCUT2D eigenvalue weighted by Crippen LogP contribution is 2.28. The number of ether oxygens (including phenoxy) is 1. The van der Waals surface area contributed by atoms with Crippen LogP contribution >= 0.6 is 0 Å². The molecule has 0 N–H and O–H groups in total. The van der Waals surface area contributed by atoms with Crippen LogP contribution in [-0.4, -0.2) is 32.9 Å². The first kappa shape index (κ1) is 13.4. The Morgan fingerprint density at radius 3 is 2.89 bits per heavy atom. The molecule has 0 amide bonds. The molecule has 0 unspecified atom stereocenters. The standard InChI is InChI=1S/C13H19NO3S/c1-3-4-9-17-12-5-6-13-11(10-12)7-8-14(2)18(13,15)16/h5-6,10H,3-4,7-9H2,1-2H3. The van der Waals surface area contributed by atoms with Gasteiger partial charge in [-0.2, -0.15) is 0 Å². The SMILES string of the molecule is CCCCOc1ccc2c(c1)CCN(C)S2(=O)=O. The van der Waals surface area contributed by atoms with Gasteiger partial charge in [-0.05, 0) is 36.6 Å². The molecule has 1 aromatic carbocycles. The first-order chi connectivity index (χ1) is 8.55. The fraction of sp³-hybridized carbons (Fsp3) is 0.538. The summed E-state index contributed by atoms with van der Waals surface area (Å²) >= 11 is 0. The lowest BCUT2D eigenvalue weighted by Crippen LogP contribution is -2.33. The third-order valence-corrected chi connectivity index (χ3v) is 5.14. The Morgan fingerprint density at radius 2 is 2.17 bits per heavy atom. The lowest BCUT2D eigenvalue weighted by molar-refractivity contribution is 0.308. The quantitative estimate of drug-likeness (QED) is 0.786. The number of likely N-dealkylation sites (N-methyl/N-ethyl adjacent to an activating group) is 1. The largest absolute Gasteiger partial charge is 0.494 e. The van der Waals surface area contributed by atoms with Gasteiger partial charge in [0.25, 0.3) is 0 Å². The van der Waals surface area contributed by atoms with Crippen LogP contribution in [0.2, 0.25) is 0 Å². The van der Waals surface area contributed by atoms with Crippen molar-refractivity contribution in [3.8, 4) is 5.75 Å². The second kappa shape index (κ2) is 5.28. The van der Waals surface area contributed by atoms with Gasteiger partial charge in [0.05, 0.1) is 11.5 Å². The van der Waals surface area contributed by atoms with E-state index in [1.165, 1.54) is 4.31 Å². The summed E-state index contributed by atoms with van der Waals surface area (Å²) in [5.41, 5.74) is 0.863. The van der Waals surface area contributed by atoms with Gasteiger partial charge >= 0.3 is 0 Å². The topological polar surface area (TPSA) is 46.6 Å². The van der Waals surface area contributed by atoms with Crippen molar-refractivity contribution < 1.29 is 13.2 Å². The number of sulfonamides is 1. The van der Waals surface area contributed by atoms with E-state index in [0.29, 0.717) is 18.0 Å². The number of fused-ring (bicyclic) bond motifs is 1. The van der Waals surface area contributed by atoms with Crippen molar-refractivity contribution >= 4 is 10.0 Å². The summed E-state index contributed by atoms with van der Waals surface area (Å²) in [7, 11) is -1.67. The Labute approximate surface area is 109 Å². The van der Waals surface area contributed by atoms with Crippen molar-refractivity contribution in [2.45, 2.75) is 31.1 Å². The molecule has 2 rings (SSSR count). The van der Waals surface area contributed by atoms with Gasteiger partial charge in [0, 0.05) is 13.6 Å². The van der Waals surface area contributed by atoms with Crippen LogP contribution in [0.1, 0.15) is 25.3 Å². The lowest BCUT2D eigenvalue weighted by Gasteiger charge is -2.25. The fourth-order valence-corrected chi connectivity index (χ4v) is 3.39. The van der Waals surface area contributed by atoms with Crippen LogP contribution in [0, 0.1) is 0 Å². The van der Waals surface area contributed by atoms with Gasteiger partial charge in [-0.1, -0.05) is 13.3 Å². The van der Waals surface area contributed by atoms with E-state index >= 15 is 0 Å². The fourth-order valence-electron chi connectivity index (χ4n) is 1.99. The zero-order chi connectivity index (χ0) is 13.2. The molecule has 4 nitrogen and oxygen atoms in total. The van der Waals surface area contributed by atoms with Crippen LogP contribution in [0.4, 0.5) is 0 Å². The minimum Gasteiger partial charge on any atom is -0.494 e. The predicted octanol–water partition coefficient (Wildman–Crippen LogP) is 2.04. The molecule has 0 aromatic heterocycles. The molecule has 0 bridgehead atoms. The summed E-state index contributed by atoms with van der Waals surface area (Å²) in [6.07, 6.45) is 2.85. The normalized spacial score (nSPS) is 18.3. The zero-order valence-electron chi connectivity index (χ0n) is 10.8. The smallest absolute Gasteiger partial charge is 0.243 e. The molecule has 100 valence electrons. The number of benzene rings is 1. The van der Waals surface area contributed by atoms with Crippen molar-refractivity contribution in [1.29, 1.82) is 0 Å². The maximum absolute atomic E-state index is 12.1. The van der Waals surface area contributed by atoms with Gasteiger partial charge in [-0.3, -0.25) is 0 Å². The highest BCUT2D eigenvalue weighted by atomic mass is 32.2. The van der Waals surface area contributed by atoms with Gasteiger partial charge in [0.15, 0.2) is 0 Å². The Morgan fingerprint density at radius 1 is 1.39 bits per heavy atom. The first-order valence-electron chi connectivity index (χ1n) is 6.27. The highest BCUT2D eigenvalue weighted by Gasteiger charge is 2.28. The van der Waals surface area contributed by atoms with Crippen molar-refractivity contribution in [2.24, 2.45) is 0 Å². The monoisotopic (exact) mass is 269 g/mol. The average molecular weight is 269 g/mol. The van der Waals surface area contributed by atoms with Gasteiger partial charge in [0.1, 0.15) is 5.75 Å². The third kappa shape index (κ3) is 2.52. The second-order valence-electron chi connectivity index (χ2n) is 4.55. The Bertz CT molecular complexity index is 525. The molecule has 5 heteroatoms. The molecule has 1 aliphatic heterocycles. The molecule has 0 saturated heterocycles. The van der Waals surface area contributed by atoms with Crippen LogP contribution in [0.15, 0.2) is 23.1 Å². The molecular weight excluding hydrogens is 250 g/mol. The van der Waals surface area contributed by atoms with E-state index in [4.69, 9.17) is 4.74 Å². The van der Waals surface area contributed by atoms with Gasteiger partial charge in [-0.25, -0.2) is 12.7 Å². The van der Waals surface area contributed by atoms with E-state index in [1.54, 1.807) is 19.2 Å². The van der Waals surface area contributed by atoms with Gasteiger partial charge < -0.3 is 4.74 Å². The zero-order valence-corrected chi connectivity index (χ0v) is 11.7. The number of hydrogen-bond donors (Lipinski definition) is 0. The summed E-state index contributed by atoms with van der Waals surface area (Å²) in [6.45, 7) is 3.33. The second-order valence-corrected chi connectivity index (χ2v) is 6.56. The Balaban J connectivity index is 2.23. The van der Waals surface area contributed by atoms with E-state index in [1.807, 2.05) is 6.07 Å². The molecule has 0 radical (unpaired) electrons. The Hall–Kier alpha value is -1.07. The van der Waals surface area contributed by atoms with Gasteiger partial charge in [-0.15, -0.1) is 0 Å². The summed E-state index contributed by atoms with van der Waals surface area (Å²) in [5, 5.41) is 0. The molecule has 0 aliphatic carbocycles. The van der Waals surface area contributed by atoms with E-state index in [2.05, 4.69) is 6.92 Å². The first-order valence-corrected chi connectivity index (χ1v) is 7.72. The van der Waals surface area contributed by atoms with E-state index in [-0.39, 0.29) is 0 Å². The molecule has 1 heterocycles. The van der Waals surface area contributed by atoms with Crippen molar-refractivity contribution in [1.82, 2.24) is 4.31 Å². The summed E-state index contributed by atoms with van der Waals surface area (Å²) in [5.74, 6) is 0.766. The van der Waals surface area contributed by atoms with E-state index < -0.39 is 10.0 Å². The average Bonchev–Trinajstić information content (AvgIpc) is 2.35. The molecule has 0 spiro atoms. The van der Waals surface area contributed by atoms with Crippen LogP contribution < -0.4 is 4.74 Å². The van der Waals surface area contributed by atoms with Crippen LogP contribution in [0.25, 0.3) is 0 Å². The number of hydrogen-bond acceptors (Lipinski definition) is 3. The minimum absolute atomic E-state index is 0.416. The Kier molecular flexibility index (Phi) is 3.92. The molecular formula is C13H19NO3S. The number of rotatable bonds is 4. The molecule has 0 fully saturated rings. The lowest BCUT2D eigenvalue weighted by atomic mass is 10.1. The summed E-state index contributed by atoms with van der Waals surface area (Å²) < 4.78 is 31.1. The molecule has 1 aliphatic rings. The molecule has 0 atom stereocenters.